The summed E-state index contributed by atoms with van der Waals surface area (Å²) in [6.07, 6.45) is 0.303. The lowest BCUT2D eigenvalue weighted by Crippen LogP contribution is -2.30. The van der Waals surface area contributed by atoms with Crippen LogP contribution in [0.2, 0.25) is 0 Å². The Morgan fingerprint density at radius 3 is 2.44 bits per heavy atom. The first-order valence-corrected chi connectivity index (χ1v) is 6.68. The maximum Gasteiger partial charge on any atom is 0.160 e. The van der Waals surface area contributed by atoms with Gasteiger partial charge in [-0.2, -0.15) is 0 Å². The largest absolute Gasteiger partial charge is 0.394 e. The Morgan fingerprint density at radius 2 is 1.89 bits per heavy atom. The van der Waals surface area contributed by atoms with Gasteiger partial charge >= 0.3 is 0 Å². The molecule has 5 nitrogen and oxygen atoms in total. The summed E-state index contributed by atoms with van der Waals surface area (Å²) in [5, 5.41) is 9.23. The normalized spacial score (nSPS) is 28.5. The minimum absolute atomic E-state index is 0.0419. The number of rotatable bonds is 8. The summed E-state index contributed by atoms with van der Waals surface area (Å²) < 4.78 is 22.2. The first-order chi connectivity index (χ1) is 8.52. The number of aliphatic hydroxyl groups excluding tert-OH is 1. The molecule has 0 aromatic heterocycles. The van der Waals surface area contributed by atoms with Crippen LogP contribution >= 0.6 is 0 Å². The zero-order valence-corrected chi connectivity index (χ0v) is 11.8. The van der Waals surface area contributed by atoms with Gasteiger partial charge in [-0.05, 0) is 27.7 Å². The van der Waals surface area contributed by atoms with Crippen LogP contribution in [0.4, 0.5) is 0 Å². The molecule has 1 rings (SSSR count). The van der Waals surface area contributed by atoms with Gasteiger partial charge in [-0.15, -0.1) is 0 Å². The van der Waals surface area contributed by atoms with Crippen molar-refractivity contribution in [1.29, 1.82) is 0 Å². The zero-order valence-electron chi connectivity index (χ0n) is 11.8. The minimum atomic E-state index is -0.304. The van der Waals surface area contributed by atoms with Crippen molar-refractivity contribution >= 4 is 0 Å². The van der Waals surface area contributed by atoms with Gasteiger partial charge in [-0.25, -0.2) is 0 Å². The van der Waals surface area contributed by atoms with Gasteiger partial charge in [0.25, 0.3) is 0 Å². The van der Waals surface area contributed by atoms with E-state index in [2.05, 4.69) is 0 Å². The van der Waals surface area contributed by atoms with Crippen molar-refractivity contribution in [2.75, 3.05) is 19.8 Å². The molecule has 0 bridgehead atoms. The van der Waals surface area contributed by atoms with Crippen molar-refractivity contribution in [1.82, 2.24) is 0 Å². The predicted octanol–water partition coefficient (Wildman–Crippen LogP) is 1.33. The quantitative estimate of drug-likeness (QED) is 0.669. The van der Waals surface area contributed by atoms with E-state index >= 15 is 0 Å². The molecule has 18 heavy (non-hydrogen) atoms. The summed E-state index contributed by atoms with van der Waals surface area (Å²) >= 11 is 0. The molecule has 5 heteroatoms. The second-order valence-electron chi connectivity index (χ2n) is 5.04. The molecule has 108 valence electrons. The van der Waals surface area contributed by atoms with Crippen molar-refractivity contribution in [3.63, 3.8) is 0 Å². The van der Waals surface area contributed by atoms with Crippen molar-refractivity contribution in [3.8, 4) is 0 Å². The van der Waals surface area contributed by atoms with Gasteiger partial charge in [-0.3, -0.25) is 0 Å². The number of ether oxygens (including phenoxy) is 4. The average Bonchev–Trinajstić information content (AvgIpc) is 2.65. The van der Waals surface area contributed by atoms with Gasteiger partial charge in [-0.1, -0.05) is 0 Å². The third kappa shape index (κ3) is 5.63. The van der Waals surface area contributed by atoms with Crippen LogP contribution in [-0.2, 0) is 18.9 Å². The molecule has 0 spiro atoms. The molecular weight excluding hydrogens is 236 g/mol. The first kappa shape index (κ1) is 15.9. The molecule has 0 saturated carbocycles. The Kier molecular flexibility index (Phi) is 7.11. The van der Waals surface area contributed by atoms with E-state index in [4.69, 9.17) is 18.9 Å². The fraction of sp³-hybridized carbons (Fsp3) is 1.00. The van der Waals surface area contributed by atoms with Crippen LogP contribution in [-0.4, -0.2) is 55.6 Å². The third-order valence-electron chi connectivity index (χ3n) is 2.63. The first-order valence-electron chi connectivity index (χ1n) is 6.68. The highest BCUT2D eigenvalue weighted by molar-refractivity contribution is 4.79. The van der Waals surface area contributed by atoms with Crippen LogP contribution in [0, 0.1) is 0 Å². The lowest BCUT2D eigenvalue weighted by atomic mass is 10.2. The molecule has 0 aromatic rings. The monoisotopic (exact) mass is 262 g/mol. The molecular formula is C13H26O5. The van der Waals surface area contributed by atoms with E-state index in [1.807, 2.05) is 27.7 Å². The van der Waals surface area contributed by atoms with Crippen LogP contribution in [0.3, 0.4) is 0 Å². The van der Waals surface area contributed by atoms with Crippen LogP contribution in [0.25, 0.3) is 0 Å². The van der Waals surface area contributed by atoms with Gasteiger partial charge in [0, 0.05) is 6.42 Å². The third-order valence-corrected chi connectivity index (χ3v) is 2.63. The van der Waals surface area contributed by atoms with Gasteiger partial charge in [0.2, 0.25) is 0 Å². The molecule has 1 N–H and O–H groups in total. The van der Waals surface area contributed by atoms with Crippen molar-refractivity contribution in [2.24, 2.45) is 0 Å². The van der Waals surface area contributed by atoms with E-state index in [-0.39, 0.29) is 37.3 Å². The van der Waals surface area contributed by atoms with E-state index in [1.165, 1.54) is 0 Å². The van der Waals surface area contributed by atoms with E-state index in [9.17, 15) is 5.11 Å². The maximum absolute atomic E-state index is 9.23. The van der Waals surface area contributed by atoms with E-state index in [0.717, 1.165) is 0 Å². The molecule has 1 aliphatic rings. The molecule has 0 aliphatic carbocycles. The van der Waals surface area contributed by atoms with Gasteiger partial charge < -0.3 is 24.1 Å². The maximum atomic E-state index is 9.23. The van der Waals surface area contributed by atoms with Crippen molar-refractivity contribution < 1.29 is 24.1 Å². The molecule has 1 aliphatic heterocycles. The fourth-order valence-electron chi connectivity index (χ4n) is 1.90. The van der Waals surface area contributed by atoms with Crippen LogP contribution in [0.1, 0.15) is 34.1 Å². The molecule has 0 radical (unpaired) electrons. The molecule has 3 atom stereocenters. The van der Waals surface area contributed by atoms with Gasteiger partial charge in [0.05, 0.1) is 38.1 Å². The average molecular weight is 262 g/mol. The summed E-state index contributed by atoms with van der Waals surface area (Å²) in [7, 11) is 0. The number of hydrogen-bond donors (Lipinski definition) is 1. The highest BCUT2D eigenvalue weighted by Gasteiger charge is 2.36. The molecule has 1 fully saturated rings. The Morgan fingerprint density at radius 1 is 1.17 bits per heavy atom. The second kappa shape index (κ2) is 8.07. The molecule has 3 unspecified atom stereocenters. The van der Waals surface area contributed by atoms with E-state index in [1.54, 1.807) is 0 Å². The zero-order chi connectivity index (χ0) is 13.5. The molecule has 1 saturated heterocycles. The summed E-state index contributed by atoms with van der Waals surface area (Å²) in [5.74, 6) is 0. The Balaban J connectivity index is 2.24. The summed E-state index contributed by atoms with van der Waals surface area (Å²) in [5.41, 5.74) is 0. The lowest BCUT2D eigenvalue weighted by molar-refractivity contribution is -0.154. The number of aliphatic hydroxyl groups is 1. The molecule has 1 heterocycles. The topological polar surface area (TPSA) is 57.2 Å². The lowest BCUT2D eigenvalue weighted by Gasteiger charge is -2.18. The smallest absolute Gasteiger partial charge is 0.160 e. The van der Waals surface area contributed by atoms with Crippen LogP contribution in [0.5, 0.6) is 0 Å². The fourth-order valence-corrected chi connectivity index (χ4v) is 1.90. The van der Waals surface area contributed by atoms with Crippen molar-refractivity contribution in [3.05, 3.63) is 0 Å². The van der Waals surface area contributed by atoms with Crippen LogP contribution in [0.15, 0.2) is 0 Å². The Bertz CT molecular complexity index is 219. The van der Waals surface area contributed by atoms with E-state index in [0.29, 0.717) is 19.6 Å². The Labute approximate surface area is 109 Å². The minimum Gasteiger partial charge on any atom is -0.394 e. The standard InChI is InChI=1S/C13H26O5/c1-9(2)15-5-6-16-13-7-11(17-10(3)4)12(8-14)18-13/h9-14H,5-8H2,1-4H3. The molecule has 0 amide bonds. The summed E-state index contributed by atoms with van der Waals surface area (Å²) in [4.78, 5) is 0. The Hall–Kier alpha value is -0.200. The van der Waals surface area contributed by atoms with E-state index < -0.39 is 0 Å². The van der Waals surface area contributed by atoms with Gasteiger partial charge in [0.15, 0.2) is 6.29 Å². The van der Waals surface area contributed by atoms with Crippen molar-refractivity contribution in [2.45, 2.75) is 64.8 Å². The predicted molar refractivity (Wildman–Crippen MR) is 67.4 cm³/mol. The highest BCUT2D eigenvalue weighted by Crippen LogP contribution is 2.24. The van der Waals surface area contributed by atoms with Crippen LogP contribution < -0.4 is 0 Å². The molecule has 0 aromatic carbocycles. The number of hydrogen-bond acceptors (Lipinski definition) is 5. The SMILES string of the molecule is CC(C)OCCOC1CC(OC(C)C)C(CO)O1. The second-order valence-corrected chi connectivity index (χ2v) is 5.04. The summed E-state index contributed by atoms with van der Waals surface area (Å²) in [6.45, 7) is 8.92. The van der Waals surface area contributed by atoms with Gasteiger partial charge in [0.1, 0.15) is 6.10 Å². The highest BCUT2D eigenvalue weighted by atomic mass is 16.7. The summed E-state index contributed by atoms with van der Waals surface area (Å²) in [6, 6.07) is 0.